The zero-order valence-electron chi connectivity index (χ0n) is 19.6. The molecule has 178 valence electrons. The summed E-state index contributed by atoms with van der Waals surface area (Å²) in [5.74, 6) is -1.46. The lowest BCUT2D eigenvalue weighted by Gasteiger charge is -2.23. The Kier molecular flexibility index (Phi) is 5.46. The number of nitrogens with one attached hydrogen (secondary N) is 1. The summed E-state index contributed by atoms with van der Waals surface area (Å²) in [6, 6.07) is 17.0. The van der Waals surface area contributed by atoms with Crippen LogP contribution in [-0.4, -0.2) is 27.5 Å². The maximum absolute atomic E-state index is 14.5. The monoisotopic (exact) mass is 471 g/mol. The van der Waals surface area contributed by atoms with Gasteiger partial charge in [0.15, 0.2) is 11.6 Å². The average molecular weight is 472 g/mol. The molecule has 3 N–H and O–H groups in total. The molecule has 2 atom stereocenters. The molecule has 6 rings (SSSR count). The van der Waals surface area contributed by atoms with Gasteiger partial charge in [-0.25, -0.2) is 18.7 Å². The molecule has 2 unspecified atom stereocenters. The molecule has 0 bridgehead atoms. The number of nitrogen functional groups attached to an aromatic ring is 1. The molecule has 7 heteroatoms. The number of fused-ring (bicyclic) bond motifs is 2. The van der Waals surface area contributed by atoms with Crippen molar-refractivity contribution in [3.05, 3.63) is 88.6 Å². The van der Waals surface area contributed by atoms with Crippen LogP contribution in [0.5, 0.6) is 0 Å². The maximum Gasteiger partial charge on any atom is 0.220 e. The lowest BCUT2D eigenvalue weighted by atomic mass is 9.94. The van der Waals surface area contributed by atoms with Gasteiger partial charge in [0.25, 0.3) is 0 Å². The van der Waals surface area contributed by atoms with Crippen molar-refractivity contribution in [3.8, 4) is 11.1 Å². The molecule has 1 aromatic heterocycles. The molecular weight excluding hydrogens is 444 g/mol. The van der Waals surface area contributed by atoms with E-state index in [1.807, 2.05) is 30.3 Å². The first-order valence-electron chi connectivity index (χ1n) is 12.1. The van der Waals surface area contributed by atoms with E-state index in [0.29, 0.717) is 18.2 Å². The Bertz CT molecular complexity index is 1440. The van der Waals surface area contributed by atoms with E-state index in [0.717, 1.165) is 59.2 Å². The Balaban J connectivity index is 1.49. The second-order valence-corrected chi connectivity index (χ2v) is 9.60. The molecule has 35 heavy (non-hydrogen) atoms. The SMILES string of the molecule is CC1CCCN1Cc1cc(F)c(F)cc1-c1ccc2nc(N)nc(C3NCc4ccccc43)c2c1. The summed E-state index contributed by atoms with van der Waals surface area (Å²) in [4.78, 5) is 11.4. The number of anilines is 1. The van der Waals surface area contributed by atoms with Crippen molar-refractivity contribution in [2.75, 3.05) is 12.3 Å². The van der Waals surface area contributed by atoms with Gasteiger partial charge in [-0.15, -0.1) is 0 Å². The first-order valence-corrected chi connectivity index (χ1v) is 12.1. The molecule has 3 aromatic carbocycles. The summed E-state index contributed by atoms with van der Waals surface area (Å²) in [5, 5.41) is 4.38. The molecule has 0 spiro atoms. The predicted molar refractivity (Wildman–Crippen MR) is 134 cm³/mol. The average Bonchev–Trinajstić information content (AvgIpc) is 3.46. The van der Waals surface area contributed by atoms with Gasteiger partial charge in [0, 0.05) is 24.5 Å². The Labute approximate surface area is 203 Å². The summed E-state index contributed by atoms with van der Waals surface area (Å²) < 4.78 is 28.8. The summed E-state index contributed by atoms with van der Waals surface area (Å²) in [6.07, 6.45) is 2.24. The number of hydrogen-bond acceptors (Lipinski definition) is 5. The minimum absolute atomic E-state index is 0.121. The molecule has 3 heterocycles. The van der Waals surface area contributed by atoms with Crippen LogP contribution in [0.1, 0.15) is 48.2 Å². The first kappa shape index (κ1) is 22.1. The number of benzene rings is 3. The lowest BCUT2D eigenvalue weighted by Crippen LogP contribution is -2.26. The minimum Gasteiger partial charge on any atom is -0.368 e. The molecule has 4 aromatic rings. The Morgan fingerprint density at radius 1 is 1.06 bits per heavy atom. The third-order valence-corrected chi connectivity index (χ3v) is 7.40. The van der Waals surface area contributed by atoms with Crippen molar-refractivity contribution in [2.24, 2.45) is 0 Å². The number of nitrogens with two attached hydrogens (primary N) is 1. The quantitative estimate of drug-likeness (QED) is 0.421. The van der Waals surface area contributed by atoms with Crippen LogP contribution in [0, 0.1) is 11.6 Å². The van der Waals surface area contributed by atoms with Gasteiger partial charge in [-0.3, -0.25) is 4.90 Å². The first-order chi connectivity index (χ1) is 17.0. The molecule has 0 amide bonds. The second-order valence-electron chi connectivity index (χ2n) is 9.60. The largest absolute Gasteiger partial charge is 0.368 e. The van der Waals surface area contributed by atoms with Crippen LogP contribution < -0.4 is 11.1 Å². The Hall–Kier alpha value is -3.42. The number of rotatable bonds is 4. The van der Waals surface area contributed by atoms with Crippen molar-refractivity contribution in [3.63, 3.8) is 0 Å². The van der Waals surface area contributed by atoms with Crippen molar-refractivity contribution < 1.29 is 8.78 Å². The molecule has 0 saturated carbocycles. The fraction of sp³-hybridized carbons (Fsp3) is 0.286. The van der Waals surface area contributed by atoms with Gasteiger partial charge in [0.1, 0.15) is 0 Å². The normalized spacial score (nSPS) is 20.0. The zero-order valence-corrected chi connectivity index (χ0v) is 19.6. The number of nitrogens with zero attached hydrogens (tertiary/aromatic N) is 3. The van der Waals surface area contributed by atoms with Gasteiger partial charge in [-0.2, -0.15) is 0 Å². The number of halogens is 2. The van der Waals surface area contributed by atoms with Crippen LogP contribution in [0.3, 0.4) is 0 Å². The van der Waals surface area contributed by atoms with E-state index in [2.05, 4.69) is 39.2 Å². The van der Waals surface area contributed by atoms with E-state index in [-0.39, 0.29) is 12.0 Å². The van der Waals surface area contributed by atoms with Crippen molar-refractivity contribution in [2.45, 2.75) is 44.9 Å². The van der Waals surface area contributed by atoms with E-state index in [1.165, 1.54) is 17.7 Å². The fourth-order valence-corrected chi connectivity index (χ4v) is 5.54. The Morgan fingerprint density at radius 3 is 2.71 bits per heavy atom. The second kappa shape index (κ2) is 8.66. The highest BCUT2D eigenvalue weighted by Gasteiger charge is 2.27. The maximum atomic E-state index is 14.5. The molecule has 1 fully saturated rings. The van der Waals surface area contributed by atoms with E-state index in [1.54, 1.807) is 0 Å². The fourth-order valence-electron chi connectivity index (χ4n) is 5.54. The summed E-state index contributed by atoms with van der Waals surface area (Å²) in [6.45, 7) is 4.46. The molecule has 0 radical (unpaired) electrons. The van der Waals surface area contributed by atoms with Gasteiger partial charge in [-0.05, 0) is 78.4 Å². The lowest BCUT2D eigenvalue weighted by molar-refractivity contribution is 0.260. The van der Waals surface area contributed by atoms with Gasteiger partial charge in [0.05, 0.1) is 17.3 Å². The molecular formula is C28H27F2N5. The summed E-state index contributed by atoms with van der Waals surface area (Å²) >= 11 is 0. The van der Waals surface area contributed by atoms with Gasteiger partial charge >= 0.3 is 0 Å². The van der Waals surface area contributed by atoms with Crippen LogP contribution in [0.4, 0.5) is 14.7 Å². The van der Waals surface area contributed by atoms with Crippen molar-refractivity contribution in [1.29, 1.82) is 0 Å². The molecule has 2 aliphatic rings. The number of likely N-dealkylation sites (tertiary alicyclic amines) is 1. The molecule has 0 aliphatic carbocycles. The third-order valence-electron chi connectivity index (χ3n) is 7.40. The predicted octanol–water partition coefficient (Wildman–Crippen LogP) is 5.33. The molecule has 5 nitrogen and oxygen atoms in total. The molecule has 2 aliphatic heterocycles. The highest BCUT2D eigenvalue weighted by molar-refractivity contribution is 5.88. The topological polar surface area (TPSA) is 67.1 Å². The number of hydrogen-bond donors (Lipinski definition) is 2. The standard InChI is InChI=1S/C28H27F2N5/c1-16-5-4-10-35(16)15-19-12-23(29)24(30)13-21(19)17-8-9-25-22(11-17)27(34-28(31)33-25)26-20-7-3-2-6-18(20)14-32-26/h2-3,6-9,11-13,16,26,32H,4-5,10,14-15H2,1H3,(H2,31,33,34). The van der Waals surface area contributed by atoms with Crippen molar-refractivity contribution >= 4 is 16.9 Å². The minimum atomic E-state index is -0.849. The van der Waals surface area contributed by atoms with Gasteiger partial charge < -0.3 is 11.1 Å². The van der Waals surface area contributed by atoms with Crippen LogP contribution in [0.2, 0.25) is 0 Å². The van der Waals surface area contributed by atoms with Crippen LogP contribution >= 0.6 is 0 Å². The van der Waals surface area contributed by atoms with Crippen molar-refractivity contribution in [1.82, 2.24) is 20.2 Å². The van der Waals surface area contributed by atoms with Gasteiger partial charge in [-0.1, -0.05) is 30.3 Å². The smallest absolute Gasteiger partial charge is 0.220 e. The van der Waals surface area contributed by atoms with E-state index in [9.17, 15) is 8.78 Å². The Morgan fingerprint density at radius 2 is 1.89 bits per heavy atom. The summed E-state index contributed by atoms with van der Waals surface area (Å²) in [7, 11) is 0. The van der Waals surface area contributed by atoms with Crippen LogP contribution in [0.15, 0.2) is 54.6 Å². The van der Waals surface area contributed by atoms with Crippen LogP contribution in [0.25, 0.3) is 22.0 Å². The number of aromatic nitrogens is 2. The van der Waals surface area contributed by atoms with E-state index >= 15 is 0 Å². The van der Waals surface area contributed by atoms with Crippen LogP contribution in [-0.2, 0) is 13.1 Å². The zero-order chi connectivity index (χ0) is 24.1. The van der Waals surface area contributed by atoms with Gasteiger partial charge in [0.2, 0.25) is 5.95 Å². The van der Waals surface area contributed by atoms with E-state index < -0.39 is 11.6 Å². The highest BCUT2D eigenvalue weighted by atomic mass is 19.2. The third kappa shape index (κ3) is 3.94. The molecule has 1 saturated heterocycles. The van der Waals surface area contributed by atoms with E-state index in [4.69, 9.17) is 5.73 Å². The summed E-state index contributed by atoms with van der Waals surface area (Å²) in [5.41, 5.74) is 12.2. The highest BCUT2D eigenvalue weighted by Crippen LogP contribution is 2.36.